The molecule has 1 heterocycles. The van der Waals surface area contributed by atoms with Gasteiger partial charge in [0, 0.05) is 6.54 Å². The monoisotopic (exact) mass is 339 g/mol. The zero-order valence-electron chi connectivity index (χ0n) is 14.4. The van der Waals surface area contributed by atoms with Crippen LogP contribution in [-0.2, 0) is 4.74 Å². The van der Waals surface area contributed by atoms with Crippen molar-refractivity contribution in [1.82, 2.24) is 9.69 Å². The lowest BCUT2D eigenvalue weighted by molar-refractivity contribution is 0.0636. The molecule has 0 spiro atoms. The van der Waals surface area contributed by atoms with Crippen molar-refractivity contribution in [2.24, 2.45) is 5.41 Å². The summed E-state index contributed by atoms with van der Waals surface area (Å²) < 4.78 is 9.41. The van der Waals surface area contributed by atoms with Crippen molar-refractivity contribution in [3.05, 3.63) is 10.6 Å². The number of aromatic nitrogens is 1. The molecule has 2 N–H and O–H groups in total. The van der Waals surface area contributed by atoms with E-state index in [1.807, 2.05) is 0 Å². The highest BCUT2D eigenvalue weighted by molar-refractivity contribution is 7.08. The molecule has 2 rings (SSSR count). The molecule has 1 aliphatic rings. The number of aryl methyl sites for hydroxylation is 1. The Kier molecular flexibility index (Phi) is 4.98. The summed E-state index contributed by atoms with van der Waals surface area (Å²) in [5.74, 6) is -0.199. The molecule has 1 aliphatic carbocycles. The first-order chi connectivity index (χ1) is 10.6. The Bertz CT molecular complexity index is 600. The van der Waals surface area contributed by atoms with Crippen molar-refractivity contribution in [2.75, 3.05) is 11.9 Å². The van der Waals surface area contributed by atoms with Gasteiger partial charge in [-0.05, 0) is 57.5 Å². The third-order valence-corrected chi connectivity index (χ3v) is 4.87. The lowest BCUT2D eigenvalue weighted by Crippen LogP contribution is -2.40. The van der Waals surface area contributed by atoms with Gasteiger partial charge in [0.1, 0.15) is 10.5 Å². The number of hydrogen-bond donors (Lipinski definition) is 2. The molecule has 6 nitrogen and oxygen atoms in total. The first kappa shape index (κ1) is 17.7. The van der Waals surface area contributed by atoms with Gasteiger partial charge in [-0.1, -0.05) is 13.3 Å². The van der Waals surface area contributed by atoms with Crippen LogP contribution in [0.25, 0.3) is 0 Å². The van der Waals surface area contributed by atoms with Gasteiger partial charge in [0.05, 0.1) is 11.4 Å². The Morgan fingerprint density at radius 2 is 2.00 bits per heavy atom. The summed E-state index contributed by atoms with van der Waals surface area (Å²) in [7, 11) is 0. The lowest BCUT2D eigenvalue weighted by Gasteiger charge is -2.38. The minimum absolute atomic E-state index is 0.199. The highest BCUT2D eigenvalue weighted by Gasteiger charge is 2.32. The molecule has 1 saturated carbocycles. The van der Waals surface area contributed by atoms with Gasteiger partial charge in [-0.2, -0.15) is 4.37 Å². The second-order valence-corrected chi connectivity index (χ2v) is 8.22. The highest BCUT2D eigenvalue weighted by Crippen LogP contribution is 2.39. The van der Waals surface area contributed by atoms with Crippen LogP contribution in [0.3, 0.4) is 0 Å². The fourth-order valence-corrected chi connectivity index (χ4v) is 3.17. The second kappa shape index (κ2) is 6.47. The van der Waals surface area contributed by atoms with Gasteiger partial charge in [0.2, 0.25) is 0 Å². The largest absolute Gasteiger partial charge is 0.444 e. The number of nitrogens with one attached hydrogen (secondary N) is 2. The fourth-order valence-electron chi connectivity index (χ4n) is 2.41. The number of hydrogen-bond acceptors (Lipinski definition) is 5. The highest BCUT2D eigenvalue weighted by atomic mass is 32.1. The van der Waals surface area contributed by atoms with E-state index in [9.17, 15) is 9.59 Å². The number of carbonyl (C=O) groups excluding carboxylic acids is 2. The number of rotatable bonds is 4. The predicted molar refractivity (Wildman–Crippen MR) is 91.0 cm³/mol. The van der Waals surface area contributed by atoms with Gasteiger partial charge in [-0.25, -0.2) is 4.79 Å². The van der Waals surface area contributed by atoms with Crippen LogP contribution in [0.5, 0.6) is 0 Å². The Balaban J connectivity index is 2.02. The van der Waals surface area contributed by atoms with Crippen LogP contribution in [0.2, 0.25) is 0 Å². The average Bonchev–Trinajstić information content (AvgIpc) is 2.73. The van der Waals surface area contributed by atoms with Crippen molar-refractivity contribution >= 4 is 29.2 Å². The molecule has 0 atom stereocenters. The summed E-state index contributed by atoms with van der Waals surface area (Å²) in [4.78, 5) is 24.8. The topological polar surface area (TPSA) is 80.3 Å². The first-order valence-electron chi connectivity index (χ1n) is 7.84. The van der Waals surface area contributed by atoms with Crippen LogP contribution in [0.1, 0.15) is 62.3 Å². The molecule has 1 fully saturated rings. The van der Waals surface area contributed by atoms with E-state index < -0.39 is 11.7 Å². The van der Waals surface area contributed by atoms with Gasteiger partial charge < -0.3 is 10.1 Å². The number of nitrogens with zero attached hydrogens (tertiary/aromatic N) is 1. The quantitative estimate of drug-likeness (QED) is 0.876. The van der Waals surface area contributed by atoms with E-state index in [1.54, 1.807) is 27.7 Å². The smallest absolute Gasteiger partial charge is 0.412 e. The molecular weight excluding hydrogens is 314 g/mol. The molecule has 1 aromatic heterocycles. The Labute approximate surface area is 141 Å². The summed E-state index contributed by atoms with van der Waals surface area (Å²) in [6.45, 7) is 9.95. The van der Waals surface area contributed by atoms with Crippen LogP contribution in [0, 0.1) is 12.3 Å². The summed E-state index contributed by atoms with van der Waals surface area (Å²) >= 11 is 1.09. The van der Waals surface area contributed by atoms with Crippen molar-refractivity contribution in [3.8, 4) is 0 Å². The van der Waals surface area contributed by atoms with Gasteiger partial charge in [0.25, 0.3) is 5.91 Å². The van der Waals surface area contributed by atoms with Crippen molar-refractivity contribution in [3.63, 3.8) is 0 Å². The molecule has 2 amide bonds. The van der Waals surface area contributed by atoms with E-state index in [0.717, 1.165) is 24.4 Å². The van der Waals surface area contributed by atoms with Crippen LogP contribution in [0.4, 0.5) is 10.5 Å². The molecular formula is C16H25N3O3S. The molecule has 0 unspecified atom stereocenters. The number of ether oxygens (including phenoxy) is 1. The van der Waals surface area contributed by atoms with Gasteiger partial charge >= 0.3 is 6.09 Å². The lowest BCUT2D eigenvalue weighted by atomic mass is 9.70. The third kappa shape index (κ3) is 4.67. The molecule has 0 bridgehead atoms. The minimum atomic E-state index is -0.595. The van der Waals surface area contributed by atoms with E-state index in [2.05, 4.69) is 21.9 Å². The Morgan fingerprint density at radius 3 is 2.52 bits per heavy atom. The van der Waals surface area contributed by atoms with E-state index in [4.69, 9.17) is 4.74 Å². The number of carbonyl (C=O) groups is 2. The van der Waals surface area contributed by atoms with E-state index in [-0.39, 0.29) is 11.3 Å². The molecule has 7 heteroatoms. The maximum atomic E-state index is 12.4. The van der Waals surface area contributed by atoms with Crippen LogP contribution in [-0.4, -0.2) is 28.5 Å². The van der Waals surface area contributed by atoms with E-state index >= 15 is 0 Å². The van der Waals surface area contributed by atoms with Crippen molar-refractivity contribution < 1.29 is 14.3 Å². The summed E-state index contributed by atoms with van der Waals surface area (Å²) in [6.07, 6.45) is 2.91. The van der Waals surface area contributed by atoms with Gasteiger partial charge in [0.15, 0.2) is 0 Å². The maximum Gasteiger partial charge on any atom is 0.412 e. The van der Waals surface area contributed by atoms with E-state index in [0.29, 0.717) is 22.8 Å². The van der Waals surface area contributed by atoms with Crippen molar-refractivity contribution in [2.45, 2.75) is 59.5 Å². The van der Waals surface area contributed by atoms with Crippen LogP contribution < -0.4 is 10.6 Å². The molecule has 0 radical (unpaired) electrons. The Morgan fingerprint density at radius 1 is 1.35 bits per heavy atom. The SMILES string of the molecule is Cc1nsc(C(=O)NCC2(C)CCC2)c1NC(=O)OC(C)(C)C. The predicted octanol–water partition coefficient (Wildman–Crippen LogP) is 3.72. The number of anilines is 1. The molecule has 1 aromatic rings. The zero-order chi connectivity index (χ0) is 17.3. The normalized spacial score (nSPS) is 16.4. The van der Waals surface area contributed by atoms with E-state index in [1.165, 1.54) is 6.42 Å². The van der Waals surface area contributed by atoms with Crippen molar-refractivity contribution in [1.29, 1.82) is 0 Å². The average molecular weight is 339 g/mol. The number of amides is 2. The molecule has 0 aromatic carbocycles. The zero-order valence-corrected chi connectivity index (χ0v) is 15.2. The third-order valence-electron chi connectivity index (χ3n) is 3.93. The minimum Gasteiger partial charge on any atom is -0.444 e. The van der Waals surface area contributed by atoms with Gasteiger partial charge in [-0.3, -0.25) is 10.1 Å². The molecule has 23 heavy (non-hydrogen) atoms. The first-order valence-corrected chi connectivity index (χ1v) is 8.61. The van der Waals surface area contributed by atoms with Gasteiger partial charge in [-0.15, -0.1) is 0 Å². The molecule has 0 saturated heterocycles. The summed E-state index contributed by atoms with van der Waals surface area (Å²) in [5, 5.41) is 5.60. The standard InChI is InChI=1S/C16H25N3O3S/c1-10-11(18-14(21)22-15(2,3)4)12(23-19-10)13(20)17-9-16(5)7-6-8-16/h6-9H2,1-5H3,(H,17,20)(H,18,21). The molecule has 128 valence electrons. The van der Waals surface area contributed by atoms with Crippen LogP contribution >= 0.6 is 11.5 Å². The van der Waals surface area contributed by atoms with Crippen LogP contribution in [0.15, 0.2) is 0 Å². The summed E-state index contributed by atoms with van der Waals surface area (Å²) in [6, 6.07) is 0. The Hall–Kier alpha value is -1.63. The molecule has 0 aliphatic heterocycles. The maximum absolute atomic E-state index is 12.4. The summed E-state index contributed by atoms with van der Waals surface area (Å²) in [5.41, 5.74) is 0.651. The fraction of sp³-hybridized carbons (Fsp3) is 0.688. The second-order valence-electron chi connectivity index (χ2n) is 7.45.